The van der Waals surface area contributed by atoms with Gasteiger partial charge in [0.25, 0.3) is 5.91 Å². The number of para-hydroxylation sites is 1. The highest BCUT2D eigenvalue weighted by Gasteiger charge is 2.55. The molecule has 0 unspecified atom stereocenters. The molecule has 0 saturated carbocycles. The standard InChI is InChI=1S/C21H18N4O5/c1-28-14-6-4-5-13(11-14)18-22-17(30-24-18)12-25-19(26)21(23-20(25)27)9-10-29-16-8-3-2-7-15(16)21/h2-8,11H,9-10,12H2,1H3,(H,23,27)/t21-/m1/s1. The van der Waals surface area contributed by atoms with Crippen molar-refractivity contribution in [3.8, 4) is 22.9 Å². The van der Waals surface area contributed by atoms with E-state index < -0.39 is 11.6 Å². The monoisotopic (exact) mass is 406 g/mol. The van der Waals surface area contributed by atoms with Crippen LogP contribution < -0.4 is 14.8 Å². The van der Waals surface area contributed by atoms with Crippen LogP contribution in [0.1, 0.15) is 17.9 Å². The van der Waals surface area contributed by atoms with E-state index in [2.05, 4.69) is 15.5 Å². The zero-order valence-corrected chi connectivity index (χ0v) is 16.1. The fourth-order valence-electron chi connectivity index (χ4n) is 3.85. The Bertz CT molecular complexity index is 1140. The molecule has 3 amide bonds. The summed E-state index contributed by atoms with van der Waals surface area (Å²) in [5, 5.41) is 6.81. The van der Waals surface area contributed by atoms with Crippen molar-refractivity contribution in [3.05, 3.63) is 60.0 Å². The second kappa shape index (κ2) is 6.87. The third-order valence-electron chi connectivity index (χ3n) is 5.35. The number of nitrogens with zero attached hydrogens (tertiary/aromatic N) is 3. The number of fused-ring (bicyclic) bond motifs is 2. The fraction of sp³-hybridized carbons (Fsp3) is 0.238. The van der Waals surface area contributed by atoms with E-state index >= 15 is 0 Å². The smallest absolute Gasteiger partial charge is 0.325 e. The summed E-state index contributed by atoms with van der Waals surface area (Å²) in [4.78, 5) is 31.4. The van der Waals surface area contributed by atoms with Crippen LogP contribution in [0.3, 0.4) is 0 Å². The van der Waals surface area contributed by atoms with Gasteiger partial charge in [0.15, 0.2) is 5.54 Å². The van der Waals surface area contributed by atoms with Crippen LogP contribution in [0.5, 0.6) is 11.5 Å². The van der Waals surface area contributed by atoms with Gasteiger partial charge < -0.3 is 19.3 Å². The van der Waals surface area contributed by atoms with Crippen LogP contribution in [-0.4, -0.2) is 40.7 Å². The molecule has 1 spiro atoms. The van der Waals surface area contributed by atoms with E-state index in [1.54, 1.807) is 25.3 Å². The van der Waals surface area contributed by atoms with Crippen LogP contribution in [-0.2, 0) is 16.9 Å². The molecule has 9 heteroatoms. The van der Waals surface area contributed by atoms with Crippen LogP contribution in [0.25, 0.3) is 11.4 Å². The number of imide groups is 1. The number of hydrogen-bond donors (Lipinski definition) is 1. The summed E-state index contributed by atoms with van der Waals surface area (Å²) < 4.78 is 16.2. The molecule has 1 aromatic heterocycles. The summed E-state index contributed by atoms with van der Waals surface area (Å²) in [7, 11) is 1.57. The number of amides is 3. The molecule has 3 aromatic rings. The molecule has 0 radical (unpaired) electrons. The van der Waals surface area contributed by atoms with E-state index in [1.165, 1.54) is 0 Å². The number of rotatable bonds is 4. The number of nitrogens with one attached hydrogen (secondary N) is 1. The lowest BCUT2D eigenvalue weighted by Gasteiger charge is -2.33. The second-order valence-corrected chi connectivity index (χ2v) is 7.07. The van der Waals surface area contributed by atoms with E-state index in [0.717, 1.165) is 4.90 Å². The molecule has 2 aliphatic rings. The first-order valence-electron chi connectivity index (χ1n) is 9.44. The van der Waals surface area contributed by atoms with Gasteiger partial charge in [0.2, 0.25) is 11.7 Å². The van der Waals surface area contributed by atoms with E-state index in [0.29, 0.717) is 41.5 Å². The van der Waals surface area contributed by atoms with E-state index in [1.807, 2.05) is 30.3 Å². The zero-order valence-electron chi connectivity index (χ0n) is 16.1. The Morgan fingerprint density at radius 1 is 1.20 bits per heavy atom. The van der Waals surface area contributed by atoms with Crippen molar-refractivity contribution in [2.45, 2.75) is 18.5 Å². The summed E-state index contributed by atoms with van der Waals surface area (Å²) in [5.74, 6) is 1.41. The molecule has 3 heterocycles. The molecule has 1 fully saturated rings. The van der Waals surface area contributed by atoms with Crippen molar-refractivity contribution < 1.29 is 23.6 Å². The number of ether oxygens (including phenoxy) is 2. The molecule has 0 bridgehead atoms. The third kappa shape index (κ3) is 2.78. The minimum absolute atomic E-state index is 0.119. The average Bonchev–Trinajstić information content (AvgIpc) is 3.34. The molecule has 1 saturated heterocycles. The summed E-state index contributed by atoms with van der Waals surface area (Å²) >= 11 is 0. The van der Waals surface area contributed by atoms with Gasteiger partial charge >= 0.3 is 6.03 Å². The third-order valence-corrected chi connectivity index (χ3v) is 5.35. The van der Waals surface area contributed by atoms with Gasteiger partial charge in [-0.25, -0.2) is 4.79 Å². The summed E-state index contributed by atoms with van der Waals surface area (Å²) in [5.41, 5.74) is 0.220. The minimum Gasteiger partial charge on any atom is -0.497 e. The predicted molar refractivity (Wildman–Crippen MR) is 104 cm³/mol. The minimum atomic E-state index is -1.14. The zero-order chi connectivity index (χ0) is 20.7. The van der Waals surface area contributed by atoms with Gasteiger partial charge in [-0.05, 0) is 18.2 Å². The lowest BCUT2D eigenvalue weighted by Crippen LogP contribution is -2.47. The highest BCUT2D eigenvalue weighted by Crippen LogP contribution is 2.41. The molecule has 1 N–H and O–H groups in total. The fourth-order valence-corrected chi connectivity index (χ4v) is 3.85. The largest absolute Gasteiger partial charge is 0.497 e. The number of carbonyl (C=O) groups excluding carboxylic acids is 2. The number of carbonyl (C=O) groups is 2. The van der Waals surface area contributed by atoms with Crippen LogP contribution in [0.15, 0.2) is 53.1 Å². The molecule has 1 atom stereocenters. The van der Waals surface area contributed by atoms with Gasteiger partial charge in [-0.1, -0.05) is 35.5 Å². The van der Waals surface area contributed by atoms with Crippen molar-refractivity contribution in [2.75, 3.05) is 13.7 Å². The molecule has 30 heavy (non-hydrogen) atoms. The molecule has 0 aliphatic carbocycles. The first-order valence-corrected chi connectivity index (χ1v) is 9.44. The van der Waals surface area contributed by atoms with E-state index in [-0.39, 0.29) is 18.3 Å². The van der Waals surface area contributed by atoms with Crippen LogP contribution >= 0.6 is 0 Å². The molecular formula is C21H18N4O5. The van der Waals surface area contributed by atoms with Crippen LogP contribution in [0, 0.1) is 0 Å². The van der Waals surface area contributed by atoms with Crippen molar-refractivity contribution in [2.24, 2.45) is 0 Å². The maximum atomic E-state index is 13.3. The topological polar surface area (TPSA) is 107 Å². The lowest BCUT2D eigenvalue weighted by atomic mass is 9.84. The first-order chi connectivity index (χ1) is 14.6. The van der Waals surface area contributed by atoms with Gasteiger partial charge in [-0.2, -0.15) is 4.98 Å². The lowest BCUT2D eigenvalue weighted by molar-refractivity contribution is -0.133. The summed E-state index contributed by atoms with van der Waals surface area (Å²) in [6.07, 6.45) is 0.351. The van der Waals surface area contributed by atoms with Gasteiger partial charge in [-0.15, -0.1) is 0 Å². The Balaban J connectivity index is 1.41. The highest BCUT2D eigenvalue weighted by atomic mass is 16.5. The van der Waals surface area contributed by atoms with Crippen molar-refractivity contribution in [3.63, 3.8) is 0 Å². The summed E-state index contributed by atoms with van der Waals surface area (Å²) in [6, 6.07) is 13.9. The summed E-state index contributed by atoms with van der Waals surface area (Å²) in [6.45, 7) is 0.212. The maximum absolute atomic E-state index is 13.3. The SMILES string of the molecule is COc1cccc(-c2noc(CN3C(=O)N[C@@]4(CCOc5ccccc54)C3=O)n2)c1. The number of aromatic nitrogens is 2. The Morgan fingerprint density at radius 3 is 2.93 bits per heavy atom. The number of hydrogen-bond acceptors (Lipinski definition) is 7. The van der Waals surface area contributed by atoms with Gasteiger partial charge in [0.05, 0.1) is 13.7 Å². The van der Waals surface area contributed by atoms with Gasteiger partial charge in [0, 0.05) is 17.5 Å². The Hall–Kier alpha value is -3.88. The van der Waals surface area contributed by atoms with E-state index in [9.17, 15) is 9.59 Å². The van der Waals surface area contributed by atoms with E-state index in [4.69, 9.17) is 14.0 Å². The van der Waals surface area contributed by atoms with Gasteiger partial charge in [0.1, 0.15) is 18.0 Å². The average molecular weight is 406 g/mol. The molecular weight excluding hydrogens is 388 g/mol. The predicted octanol–water partition coefficient (Wildman–Crippen LogP) is 2.48. The Morgan fingerprint density at radius 2 is 2.07 bits per heavy atom. The van der Waals surface area contributed by atoms with Crippen molar-refractivity contribution in [1.82, 2.24) is 20.4 Å². The van der Waals surface area contributed by atoms with Crippen LogP contribution in [0.4, 0.5) is 4.79 Å². The quantitative estimate of drug-likeness (QED) is 0.663. The van der Waals surface area contributed by atoms with Crippen molar-refractivity contribution in [1.29, 1.82) is 0 Å². The Kier molecular flexibility index (Phi) is 4.16. The molecule has 2 aromatic carbocycles. The van der Waals surface area contributed by atoms with Crippen molar-refractivity contribution >= 4 is 11.9 Å². The highest BCUT2D eigenvalue weighted by molar-refractivity contribution is 6.07. The maximum Gasteiger partial charge on any atom is 0.325 e. The molecule has 152 valence electrons. The number of urea groups is 1. The second-order valence-electron chi connectivity index (χ2n) is 7.07. The Labute approximate surface area is 171 Å². The molecule has 5 rings (SSSR count). The molecule has 9 nitrogen and oxygen atoms in total. The van der Waals surface area contributed by atoms with Crippen LogP contribution in [0.2, 0.25) is 0 Å². The first kappa shape index (κ1) is 18.2. The normalized spacial score (nSPS) is 20.1. The van der Waals surface area contributed by atoms with Gasteiger partial charge in [-0.3, -0.25) is 9.69 Å². The molecule has 2 aliphatic heterocycles. The number of methoxy groups -OCH3 is 1. The number of benzene rings is 2.